The minimum Gasteiger partial charge on any atom is -0.504 e. The van der Waals surface area contributed by atoms with Crippen LogP contribution in [0.1, 0.15) is 18.9 Å². The van der Waals surface area contributed by atoms with Crippen LogP contribution in [-0.4, -0.2) is 31.5 Å². The second-order valence-corrected chi connectivity index (χ2v) is 4.10. The molecule has 1 aromatic rings. The lowest BCUT2D eigenvalue weighted by Gasteiger charge is -2.09. The van der Waals surface area contributed by atoms with Gasteiger partial charge in [-0.15, -0.1) is 6.58 Å². The van der Waals surface area contributed by atoms with E-state index < -0.39 is 0 Å². The Bertz CT molecular complexity index is 380. The number of benzene rings is 1. The topological polar surface area (TPSA) is 50.7 Å². The highest BCUT2D eigenvalue weighted by atomic mass is 16.5. The molecule has 106 valence electrons. The van der Waals surface area contributed by atoms with Crippen LogP contribution in [0, 0.1) is 0 Å². The average molecular weight is 265 g/mol. The van der Waals surface area contributed by atoms with Crippen LogP contribution in [-0.2, 0) is 11.3 Å². The summed E-state index contributed by atoms with van der Waals surface area (Å²) in [6.07, 6.45) is 2.73. The number of phenolic OH excluding ortho intramolecular Hbond substituents is 1. The Morgan fingerprint density at radius 3 is 2.95 bits per heavy atom. The molecule has 19 heavy (non-hydrogen) atoms. The molecule has 0 heterocycles. The molecule has 0 bridgehead atoms. The molecule has 0 unspecified atom stereocenters. The van der Waals surface area contributed by atoms with Gasteiger partial charge in [0.25, 0.3) is 0 Å². The molecule has 0 atom stereocenters. The molecule has 0 radical (unpaired) electrons. The zero-order chi connectivity index (χ0) is 13.9. The maximum atomic E-state index is 9.58. The number of aromatic hydroxyl groups is 1. The van der Waals surface area contributed by atoms with E-state index >= 15 is 0 Å². The summed E-state index contributed by atoms with van der Waals surface area (Å²) in [5, 5.41) is 12.9. The van der Waals surface area contributed by atoms with Gasteiger partial charge in [-0.25, -0.2) is 0 Å². The molecule has 4 nitrogen and oxygen atoms in total. The molecule has 0 saturated heterocycles. The third-order valence-corrected chi connectivity index (χ3v) is 2.54. The normalized spacial score (nSPS) is 10.4. The Morgan fingerprint density at radius 1 is 1.37 bits per heavy atom. The highest BCUT2D eigenvalue weighted by Gasteiger charge is 2.03. The maximum Gasteiger partial charge on any atom is 0.161 e. The van der Waals surface area contributed by atoms with Gasteiger partial charge in [-0.2, -0.15) is 0 Å². The summed E-state index contributed by atoms with van der Waals surface area (Å²) in [6, 6.07) is 5.39. The summed E-state index contributed by atoms with van der Waals surface area (Å²) < 4.78 is 10.7. The summed E-state index contributed by atoms with van der Waals surface area (Å²) >= 11 is 0. The molecule has 0 aliphatic heterocycles. The van der Waals surface area contributed by atoms with Crippen molar-refractivity contribution >= 4 is 0 Å². The van der Waals surface area contributed by atoms with Crippen molar-refractivity contribution in [2.75, 3.05) is 26.4 Å². The minimum atomic E-state index is 0.179. The van der Waals surface area contributed by atoms with Crippen molar-refractivity contribution in [2.45, 2.75) is 19.9 Å². The molecule has 0 amide bonds. The maximum absolute atomic E-state index is 9.58. The summed E-state index contributed by atoms with van der Waals surface area (Å²) in [7, 11) is 0. The second kappa shape index (κ2) is 9.42. The molecule has 0 aromatic heterocycles. The van der Waals surface area contributed by atoms with E-state index in [0.717, 1.165) is 31.7 Å². The largest absolute Gasteiger partial charge is 0.504 e. The summed E-state index contributed by atoms with van der Waals surface area (Å²) in [6.45, 7) is 9.00. The number of nitrogens with one attached hydrogen (secondary N) is 1. The SMILES string of the molecule is C=CCCOCCNCc1ccc(O)c(OCC)c1. The molecule has 1 rings (SSSR count). The standard InChI is InChI=1S/C15H23NO3/c1-3-5-9-18-10-8-16-12-13-6-7-14(17)15(11-13)19-4-2/h3,6-7,11,16-17H,1,4-5,8-10,12H2,2H3. The van der Waals surface area contributed by atoms with Crippen molar-refractivity contribution in [3.8, 4) is 11.5 Å². The summed E-state index contributed by atoms with van der Waals surface area (Å²) in [5.41, 5.74) is 1.08. The first kappa shape index (κ1) is 15.5. The first-order valence-corrected chi connectivity index (χ1v) is 6.62. The van der Waals surface area contributed by atoms with Crippen LogP contribution < -0.4 is 10.1 Å². The smallest absolute Gasteiger partial charge is 0.161 e. The van der Waals surface area contributed by atoms with Crippen molar-refractivity contribution < 1.29 is 14.6 Å². The van der Waals surface area contributed by atoms with Gasteiger partial charge < -0.3 is 19.9 Å². The molecule has 0 fully saturated rings. The number of rotatable bonds is 10. The minimum absolute atomic E-state index is 0.179. The second-order valence-electron chi connectivity index (χ2n) is 4.10. The van der Waals surface area contributed by atoms with Crippen LogP contribution >= 0.6 is 0 Å². The van der Waals surface area contributed by atoms with Gasteiger partial charge in [-0.05, 0) is 31.0 Å². The number of hydrogen-bond acceptors (Lipinski definition) is 4. The van der Waals surface area contributed by atoms with Crippen molar-refractivity contribution in [1.29, 1.82) is 0 Å². The fourth-order valence-electron chi connectivity index (χ4n) is 1.59. The Hall–Kier alpha value is -1.52. The van der Waals surface area contributed by atoms with Crippen LogP contribution in [0.5, 0.6) is 11.5 Å². The fraction of sp³-hybridized carbons (Fsp3) is 0.467. The Labute approximate surface area is 115 Å². The van der Waals surface area contributed by atoms with Gasteiger partial charge in [0.2, 0.25) is 0 Å². The molecule has 0 saturated carbocycles. The van der Waals surface area contributed by atoms with E-state index in [0.29, 0.717) is 19.0 Å². The van der Waals surface area contributed by atoms with Gasteiger partial charge >= 0.3 is 0 Å². The van der Waals surface area contributed by atoms with Gasteiger partial charge in [-0.3, -0.25) is 0 Å². The zero-order valence-corrected chi connectivity index (χ0v) is 11.5. The zero-order valence-electron chi connectivity index (χ0n) is 11.5. The molecular formula is C15H23NO3. The fourth-order valence-corrected chi connectivity index (χ4v) is 1.59. The highest BCUT2D eigenvalue weighted by Crippen LogP contribution is 2.26. The molecule has 0 aliphatic carbocycles. The van der Waals surface area contributed by atoms with Gasteiger partial charge in [0.15, 0.2) is 11.5 Å². The highest BCUT2D eigenvalue weighted by molar-refractivity contribution is 5.41. The molecule has 0 aliphatic rings. The van der Waals surface area contributed by atoms with E-state index in [-0.39, 0.29) is 5.75 Å². The Kier molecular flexibility index (Phi) is 7.70. The predicted octanol–water partition coefficient (Wildman–Crippen LogP) is 2.47. The third kappa shape index (κ3) is 6.27. The van der Waals surface area contributed by atoms with E-state index in [1.807, 2.05) is 25.1 Å². The number of phenols is 1. The van der Waals surface area contributed by atoms with E-state index in [2.05, 4.69) is 11.9 Å². The van der Waals surface area contributed by atoms with Crippen LogP contribution in [0.4, 0.5) is 0 Å². The Balaban J connectivity index is 2.25. The summed E-state index contributed by atoms with van der Waals surface area (Å²) in [5.74, 6) is 0.711. The Morgan fingerprint density at radius 2 is 2.21 bits per heavy atom. The van der Waals surface area contributed by atoms with Crippen molar-refractivity contribution in [1.82, 2.24) is 5.32 Å². The first-order valence-electron chi connectivity index (χ1n) is 6.62. The average Bonchev–Trinajstić information content (AvgIpc) is 2.41. The lowest BCUT2D eigenvalue weighted by atomic mass is 10.2. The van der Waals surface area contributed by atoms with Crippen LogP contribution in [0.25, 0.3) is 0 Å². The van der Waals surface area contributed by atoms with Crippen LogP contribution in [0.2, 0.25) is 0 Å². The van der Waals surface area contributed by atoms with Crippen LogP contribution in [0.3, 0.4) is 0 Å². The molecule has 4 heteroatoms. The van der Waals surface area contributed by atoms with E-state index in [1.165, 1.54) is 0 Å². The number of ether oxygens (including phenoxy) is 2. The van der Waals surface area contributed by atoms with Crippen molar-refractivity contribution in [3.05, 3.63) is 36.4 Å². The van der Waals surface area contributed by atoms with Crippen molar-refractivity contribution in [2.24, 2.45) is 0 Å². The van der Waals surface area contributed by atoms with Gasteiger partial charge in [-0.1, -0.05) is 12.1 Å². The third-order valence-electron chi connectivity index (χ3n) is 2.54. The molecule has 1 aromatic carbocycles. The lowest BCUT2D eigenvalue weighted by Crippen LogP contribution is -2.19. The van der Waals surface area contributed by atoms with Crippen LogP contribution in [0.15, 0.2) is 30.9 Å². The van der Waals surface area contributed by atoms with Crippen molar-refractivity contribution in [3.63, 3.8) is 0 Å². The van der Waals surface area contributed by atoms with E-state index in [9.17, 15) is 5.11 Å². The lowest BCUT2D eigenvalue weighted by molar-refractivity contribution is 0.140. The molecule has 0 spiro atoms. The van der Waals surface area contributed by atoms with Gasteiger partial charge in [0, 0.05) is 13.1 Å². The quantitative estimate of drug-likeness (QED) is 0.504. The number of hydrogen-bond donors (Lipinski definition) is 2. The molecular weight excluding hydrogens is 242 g/mol. The molecule has 2 N–H and O–H groups in total. The van der Waals surface area contributed by atoms with E-state index in [4.69, 9.17) is 9.47 Å². The van der Waals surface area contributed by atoms with E-state index in [1.54, 1.807) is 6.07 Å². The first-order chi connectivity index (χ1) is 9.27. The van der Waals surface area contributed by atoms with Gasteiger partial charge in [0.05, 0.1) is 19.8 Å². The predicted molar refractivity (Wildman–Crippen MR) is 76.6 cm³/mol. The monoisotopic (exact) mass is 265 g/mol. The van der Waals surface area contributed by atoms with Gasteiger partial charge in [0.1, 0.15) is 0 Å². The summed E-state index contributed by atoms with van der Waals surface area (Å²) in [4.78, 5) is 0.